The van der Waals surface area contributed by atoms with Crippen LogP contribution in [-0.2, 0) is 6.54 Å². The van der Waals surface area contributed by atoms with E-state index in [-0.39, 0.29) is 24.1 Å². The molecule has 3 aromatic rings. The predicted octanol–water partition coefficient (Wildman–Crippen LogP) is 4.07. The molecule has 154 valence electrons. The maximum Gasteiger partial charge on any atom is 0.255 e. The predicted molar refractivity (Wildman–Crippen MR) is 109 cm³/mol. The van der Waals surface area contributed by atoms with Gasteiger partial charge in [0.1, 0.15) is 29.8 Å². The van der Waals surface area contributed by atoms with Crippen molar-refractivity contribution in [2.24, 2.45) is 5.92 Å². The van der Waals surface area contributed by atoms with Gasteiger partial charge in [-0.3, -0.25) is 4.79 Å². The number of furan rings is 1. The van der Waals surface area contributed by atoms with Crippen LogP contribution in [-0.4, -0.2) is 21.9 Å². The maximum absolute atomic E-state index is 13.8. The van der Waals surface area contributed by atoms with Crippen molar-refractivity contribution >= 4 is 22.8 Å². The van der Waals surface area contributed by atoms with Gasteiger partial charge in [-0.15, -0.1) is 0 Å². The molecule has 0 spiro atoms. The van der Waals surface area contributed by atoms with E-state index in [0.29, 0.717) is 39.7 Å². The number of nitriles is 1. The zero-order valence-electron chi connectivity index (χ0n) is 16.8. The van der Waals surface area contributed by atoms with Crippen molar-refractivity contribution in [1.82, 2.24) is 15.3 Å². The summed E-state index contributed by atoms with van der Waals surface area (Å²) in [5, 5.41) is 15.7. The lowest BCUT2D eigenvalue weighted by Crippen LogP contribution is -2.25. The molecule has 30 heavy (non-hydrogen) atoms. The molecular weight excluding hydrogens is 385 g/mol. The minimum atomic E-state index is -0.611. The minimum absolute atomic E-state index is 0.0317. The number of amides is 1. The zero-order chi connectivity index (χ0) is 21.3. The molecule has 7 nitrogen and oxygen atoms in total. The Balaban J connectivity index is 1.60. The first-order chi connectivity index (χ1) is 14.5. The fourth-order valence-corrected chi connectivity index (χ4v) is 3.99. The number of hydrogen-bond donors (Lipinski definition) is 2. The van der Waals surface area contributed by atoms with E-state index in [2.05, 4.69) is 27.5 Å². The van der Waals surface area contributed by atoms with Gasteiger partial charge in [0.2, 0.25) is 5.71 Å². The molecule has 2 aromatic heterocycles. The topological polar surface area (TPSA) is 104 Å². The second-order valence-electron chi connectivity index (χ2n) is 7.70. The molecule has 1 aliphatic rings. The number of carbonyl (C=O) groups excluding carboxylic acids is 1. The van der Waals surface area contributed by atoms with E-state index in [0.717, 1.165) is 19.3 Å². The number of carbonyl (C=O) groups is 1. The van der Waals surface area contributed by atoms with Gasteiger partial charge in [0.05, 0.1) is 16.5 Å². The number of rotatable bonds is 5. The molecule has 2 N–H and O–H groups in total. The Hall–Kier alpha value is -3.47. The minimum Gasteiger partial charge on any atom is -0.442 e. The van der Waals surface area contributed by atoms with Crippen LogP contribution >= 0.6 is 0 Å². The van der Waals surface area contributed by atoms with Crippen LogP contribution in [0.2, 0.25) is 0 Å². The van der Waals surface area contributed by atoms with Gasteiger partial charge in [-0.05, 0) is 43.4 Å². The van der Waals surface area contributed by atoms with Crippen molar-refractivity contribution in [2.45, 2.75) is 45.7 Å². The Labute approximate surface area is 173 Å². The summed E-state index contributed by atoms with van der Waals surface area (Å²) in [7, 11) is 0. The molecule has 1 aliphatic carbocycles. The van der Waals surface area contributed by atoms with Crippen molar-refractivity contribution in [1.29, 1.82) is 5.26 Å². The lowest BCUT2D eigenvalue weighted by atomic mass is 10.1. The van der Waals surface area contributed by atoms with Gasteiger partial charge in [0.25, 0.3) is 5.91 Å². The van der Waals surface area contributed by atoms with Gasteiger partial charge in [-0.2, -0.15) is 5.26 Å². The Morgan fingerprint density at radius 3 is 2.90 bits per heavy atom. The van der Waals surface area contributed by atoms with E-state index in [1.807, 2.05) is 0 Å². The van der Waals surface area contributed by atoms with Crippen molar-refractivity contribution in [3.8, 4) is 6.07 Å². The van der Waals surface area contributed by atoms with E-state index in [1.165, 1.54) is 18.5 Å². The summed E-state index contributed by atoms with van der Waals surface area (Å²) in [6, 6.07) is 6.32. The first kappa shape index (κ1) is 19.8. The molecule has 0 aliphatic heterocycles. The molecule has 2 unspecified atom stereocenters. The van der Waals surface area contributed by atoms with Crippen molar-refractivity contribution in [3.05, 3.63) is 52.8 Å². The Kier molecular flexibility index (Phi) is 5.36. The van der Waals surface area contributed by atoms with Gasteiger partial charge < -0.3 is 15.1 Å². The van der Waals surface area contributed by atoms with E-state index >= 15 is 0 Å². The van der Waals surface area contributed by atoms with Crippen molar-refractivity contribution in [3.63, 3.8) is 0 Å². The summed E-state index contributed by atoms with van der Waals surface area (Å²) in [4.78, 5) is 21.5. The molecule has 0 radical (unpaired) electrons. The van der Waals surface area contributed by atoms with E-state index in [4.69, 9.17) is 9.68 Å². The van der Waals surface area contributed by atoms with Crippen LogP contribution in [0.5, 0.6) is 0 Å². The first-order valence-electron chi connectivity index (χ1n) is 9.95. The van der Waals surface area contributed by atoms with Crippen LogP contribution in [0.25, 0.3) is 11.1 Å². The SMILES string of the molecule is Cc1oc2ncnc(NC3CCCC3C)c2c1C(=O)NCc1ccc(C#N)c(F)c1. The molecule has 1 aromatic carbocycles. The zero-order valence-corrected chi connectivity index (χ0v) is 16.8. The van der Waals surface area contributed by atoms with E-state index in [1.54, 1.807) is 19.1 Å². The Bertz CT molecular complexity index is 1150. The highest BCUT2D eigenvalue weighted by Crippen LogP contribution is 2.33. The Morgan fingerprint density at radius 2 is 2.20 bits per heavy atom. The number of nitrogens with one attached hydrogen (secondary N) is 2. The molecule has 1 fully saturated rings. The first-order valence-corrected chi connectivity index (χ1v) is 9.95. The number of halogens is 1. The van der Waals surface area contributed by atoms with Crippen LogP contribution in [0.15, 0.2) is 28.9 Å². The summed E-state index contributed by atoms with van der Waals surface area (Å²) in [6.45, 7) is 4.03. The number of hydrogen-bond acceptors (Lipinski definition) is 6. The molecule has 8 heteroatoms. The fraction of sp³-hybridized carbons (Fsp3) is 0.364. The fourth-order valence-electron chi connectivity index (χ4n) is 3.99. The van der Waals surface area contributed by atoms with Crippen LogP contribution in [0.4, 0.5) is 10.2 Å². The number of fused-ring (bicyclic) bond motifs is 1. The monoisotopic (exact) mass is 407 g/mol. The average molecular weight is 407 g/mol. The molecule has 1 amide bonds. The van der Waals surface area contributed by atoms with Crippen molar-refractivity contribution in [2.75, 3.05) is 5.32 Å². The standard InChI is InChI=1S/C22H22FN5O2/c1-12-4-3-5-17(12)28-20-19-18(13(2)30-22(19)27-11-26-20)21(29)25-10-14-6-7-15(9-24)16(23)8-14/h6-8,11-12,17H,3-5,10H2,1-2H3,(H,25,29)(H,26,27,28). The molecule has 0 bridgehead atoms. The largest absolute Gasteiger partial charge is 0.442 e. The highest BCUT2D eigenvalue weighted by molar-refractivity contribution is 6.10. The molecular formula is C22H22FN5O2. The van der Waals surface area contributed by atoms with Crippen LogP contribution in [0, 0.1) is 30.0 Å². The van der Waals surface area contributed by atoms with Gasteiger partial charge >= 0.3 is 0 Å². The molecule has 0 saturated heterocycles. The van der Waals surface area contributed by atoms with E-state index in [9.17, 15) is 9.18 Å². The van der Waals surface area contributed by atoms with Gasteiger partial charge in [-0.1, -0.05) is 19.4 Å². The lowest BCUT2D eigenvalue weighted by molar-refractivity contribution is 0.0950. The summed E-state index contributed by atoms with van der Waals surface area (Å²) >= 11 is 0. The third kappa shape index (κ3) is 3.71. The molecule has 1 saturated carbocycles. The number of nitrogens with zero attached hydrogens (tertiary/aromatic N) is 3. The van der Waals surface area contributed by atoms with Crippen LogP contribution in [0.3, 0.4) is 0 Å². The molecule has 4 rings (SSSR count). The number of anilines is 1. The third-order valence-electron chi connectivity index (χ3n) is 5.68. The number of benzene rings is 1. The summed E-state index contributed by atoms with van der Waals surface area (Å²) in [5.74, 6) is 0.585. The number of aromatic nitrogens is 2. The smallest absolute Gasteiger partial charge is 0.255 e. The van der Waals surface area contributed by atoms with Gasteiger partial charge in [0, 0.05) is 12.6 Å². The normalized spacial score (nSPS) is 18.3. The van der Waals surface area contributed by atoms with E-state index < -0.39 is 5.82 Å². The Morgan fingerprint density at radius 1 is 1.37 bits per heavy atom. The lowest BCUT2D eigenvalue weighted by Gasteiger charge is -2.18. The highest BCUT2D eigenvalue weighted by Gasteiger charge is 2.27. The van der Waals surface area contributed by atoms with Crippen LogP contribution in [0.1, 0.15) is 53.4 Å². The highest BCUT2D eigenvalue weighted by atomic mass is 19.1. The number of aryl methyl sites for hydroxylation is 1. The van der Waals surface area contributed by atoms with Gasteiger partial charge in [0.15, 0.2) is 0 Å². The average Bonchev–Trinajstić information content (AvgIpc) is 3.29. The third-order valence-corrected chi connectivity index (χ3v) is 5.68. The summed E-state index contributed by atoms with van der Waals surface area (Å²) < 4.78 is 19.5. The quantitative estimate of drug-likeness (QED) is 0.661. The second-order valence-corrected chi connectivity index (χ2v) is 7.70. The van der Waals surface area contributed by atoms with Gasteiger partial charge in [-0.25, -0.2) is 14.4 Å². The molecule has 2 heterocycles. The summed E-state index contributed by atoms with van der Waals surface area (Å²) in [5.41, 5.74) is 1.24. The van der Waals surface area contributed by atoms with Crippen LogP contribution < -0.4 is 10.6 Å². The van der Waals surface area contributed by atoms with Crippen molar-refractivity contribution < 1.29 is 13.6 Å². The summed E-state index contributed by atoms with van der Waals surface area (Å²) in [6.07, 6.45) is 4.79. The second kappa shape index (κ2) is 8.11. The molecule has 2 atom stereocenters. The maximum atomic E-state index is 13.8.